The number of pyridine rings is 1. The normalized spacial score (nSPS) is 23.5. The predicted molar refractivity (Wildman–Crippen MR) is 107 cm³/mol. The quantitative estimate of drug-likeness (QED) is 0.680. The number of halogens is 4. The van der Waals surface area contributed by atoms with E-state index in [-0.39, 0.29) is 23.9 Å². The first-order valence-corrected chi connectivity index (χ1v) is 11.6. The molecule has 2 aromatic heterocycles. The maximum absolute atomic E-state index is 13.2. The number of alkyl halides is 3. The van der Waals surface area contributed by atoms with E-state index in [0.717, 1.165) is 12.3 Å². The van der Waals surface area contributed by atoms with E-state index in [4.69, 9.17) is 21.1 Å². The van der Waals surface area contributed by atoms with E-state index in [2.05, 4.69) is 15.3 Å². The molecule has 0 saturated carbocycles. The van der Waals surface area contributed by atoms with E-state index in [1.165, 1.54) is 21.4 Å². The van der Waals surface area contributed by atoms with Crippen molar-refractivity contribution >= 4 is 27.4 Å². The Kier molecular flexibility index (Phi) is 6.38. The first kappa shape index (κ1) is 23.2. The molecule has 0 aliphatic carbocycles. The number of ether oxygens (including phenoxy) is 2. The number of imidazole rings is 1. The summed E-state index contributed by atoms with van der Waals surface area (Å²) in [7, 11) is -2.27. The van der Waals surface area contributed by atoms with Gasteiger partial charge in [-0.25, -0.2) is 18.4 Å². The number of hydrogen-bond donors (Lipinski definition) is 1. The monoisotopic (exact) mass is 495 g/mol. The van der Waals surface area contributed by atoms with E-state index in [1.807, 2.05) is 0 Å². The highest BCUT2D eigenvalue weighted by atomic mass is 35.5. The summed E-state index contributed by atoms with van der Waals surface area (Å²) < 4.78 is 79.9. The molecule has 0 bridgehead atoms. The molecule has 2 atom stereocenters. The summed E-state index contributed by atoms with van der Waals surface area (Å²) in [6, 6.07) is 0.184. The minimum absolute atomic E-state index is 0.0293. The summed E-state index contributed by atoms with van der Waals surface area (Å²) in [5.41, 5.74) is -1.03. The molecule has 2 fully saturated rings. The van der Waals surface area contributed by atoms with E-state index in [1.54, 1.807) is 7.05 Å². The lowest BCUT2D eigenvalue weighted by Crippen LogP contribution is -2.41. The smallest absolute Gasteiger partial charge is 0.365 e. The fourth-order valence-corrected chi connectivity index (χ4v) is 5.43. The molecular formula is C18H21ClF3N5O4S. The van der Waals surface area contributed by atoms with Crippen molar-refractivity contribution in [2.24, 2.45) is 13.0 Å². The average molecular weight is 496 g/mol. The average Bonchev–Trinajstić information content (AvgIpc) is 3.36. The minimum atomic E-state index is -4.66. The number of nitrogens with zero attached hydrogens (tertiary/aromatic N) is 4. The number of aromatic nitrogens is 3. The van der Waals surface area contributed by atoms with Gasteiger partial charge in [0.05, 0.1) is 36.2 Å². The van der Waals surface area contributed by atoms with Gasteiger partial charge >= 0.3 is 6.18 Å². The van der Waals surface area contributed by atoms with Crippen molar-refractivity contribution in [3.8, 4) is 0 Å². The maximum Gasteiger partial charge on any atom is 0.418 e. The fourth-order valence-electron chi connectivity index (χ4n) is 3.75. The molecule has 4 rings (SSSR count). The second-order valence-corrected chi connectivity index (χ2v) is 9.92. The first-order chi connectivity index (χ1) is 15.1. The molecule has 1 N–H and O–H groups in total. The molecule has 0 spiro atoms. The second-order valence-electron chi connectivity index (χ2n) is 7.62. The third kappa shape index (κ3) is 4.71. The first-order valence-electron chi connectivity index (χ1n) is 9.76. The summed E-state index contributed by atoms with van der Waals surface area (Å²) >= 11 is 5.65. The molecule has 4 heterocycles. The van der Waals surface area contributed by atoms with Crippen molar-refractivity contribution in [1.29, 1.82) is 0 Å². The Balaban J connectivity index is 1.61. The van der Waals surface area contributed by atoms with Gasteiger partial charge in [0.2, 0.25) is 0 Å². The van der Waals surface area contributed by atoms with Gasteiger partial charge in [-0.15, -0.1) is 0 Å². The Morgan fingerprint density at radius 2 is 1.94 bits per heavy atom. The summed E-state index contributed by atoms with van der Waals surface area (Å²) in [4.78, 5) is 7.86. The van der Waals surface area contributed by atoms with Crippen molar-refractivity contribution in [2.75, 3.05) is 31.6 Å². The number of hydrogen-bond acceptors (Lipinski definition) is 7. The van der Waals surface area contributed by atoms with Crippen LogP contribution in [-0.2, 0) is 32.7 Å². The van der Waals surface area contributed by atoms with Crippen LogP contribution in [0.4, 0.5) is 19.0 Å². The zero-order chi connectivity index (χ0) is 23.1. The minimum Gasteiger partial charge on any atom is -0.365 e. The van der Waals surface area contributed by atoms with Crippen LogP contribution in [0.3, 0.4) is 0 Å². The highest BCUT2D eigenvalue weighted by Gasteiger charge is 2.45. The number of aryl methyl sites for hydroxylation is 1. The molecule has 176 valence electrons. The fraction of sp³-hybridized carbons (Fsp3) is 0.556. The maximum atomic E-state index is 13.2. The van der Waals surface area contributed by atoms with E-state index in [9.17, 15) is 21.6 Å². The number of rotatable bonds is 5. The van der Waals surface area contributed by atoms with Crippen molar-refractivity contribution in [3.05, 3.63) is 35.4 Å². The molecular weight excluding hydrogens is 475 g/mol. The van der Waals surface area contributed by atoms with Crippen molar-refractivity contribution < 1.29 is 31.1 Å². The summed E-state index contributed by atoms with van der Waals surface area (Å²) in [6.45, 7) is 0.899. The van der Waals surface area contributed by atoms with E-state index >= 15 is 0 Å². The largest absolute Gasteiger partial charge is 0.418 e. The zero-order valence-electron chi connectivity index (χ0n) is 16.9. The Hall–Kier alpha value is -1.93. The Morgan fingerprint density at radius 1 is 1.22 bits per heavy atom. The van der Waals surface area contributed by atoms with Crippen molar-refractivity contribution in [1.82, 2.24) is 18.8 Å². The van der Waals surface area contributed by atoms with Crippen LogP contribution in [0, 0.1) is 5.92 Å². The van der Waals surface area contributed by atoms with Gasteiger partial charge in [0.25, 0.3) is 10.0 Å². The van der Waals surface area contributed by atoms with Crippen LogP contribution in [0.25, 0.3) is 0 Å². The van der Waals surface area contributed by atoms with Gasteiger partial charge in [-0.3, -0.25) is 0 Å². The zero-order valence-corrected chi connectivity index (χ0v) is 18.5. The standard InChI is InChI=1S/C18H21ClF3N5O4S/c1-26-9-16(24-10-26)32(28,29)27-7-11(17-30-3-2-4-31-17)14(8-27)25-15-5-12(18(20,21)22)13(19)6-23-15/h5-6,9-11,14,17H,2-4,7-8H2,1H3,(H,23,25)/t11-,14-/m0/s1. The van der Waals surface area contributed by atoms with Gasteiger partial charge in [0, 0.05) is 38.4 Å². The Bertz CT molecular complexity index is 1070. The van der Waals surface area contributed by atoms with Gasteiger partial charge in [-0.05, 0) is 12.5 Å². The summed E-state index contributed by atoms with van der Waals surface area (Å²) in [5, 5.41) is 2.28. The summed E-state index contributed by atoms with van der Waals surface area (Å²) in [5.74, 6) is -0.565. The van der Waals surface area contributed by atoms with Crippen molar-refractivity contribution in [3.63, 3.8) is 0 Å². The van der Waals surface area contributed by atoms with Gasteiger partial charge in [-0.2, -0.15) is 17.5 Å². The van der Waals surface area contributed by atoms with E-state index < -0.39 is 45.0 Å². The molecule has 9 nitrogen and oxygen atoms in total. The van der Waals surface area contributed by atoms with Gasteiger partial charge in [0.15, 0.2) is 11.3 Å². The highest BCUT2D eigenvalue weighted by molar-refractivity contribution is 7.89. The molecule has 2 saturated heterocycles. The predicted octanol–water partition coefficient (Wildman–Crippen LogP) is 2.35. The number of nitrogens with one attached hydrogen (secondary N) is 1. The molecule has 2 aromatic rings. The topological polar surface area (TPSA) is 98.6 Å². The molecule has 2 aliphatic heterocycles. The molecule has 0 radical (unpaired) electrons. The molecule has 2 aliphatic rings. The van der Waals surface area contributed by atoms with Gasteiger partial charge in [0.1, 0.15) is 5.82 Å². The second kappa shape index (κ2) is 8.78. The van der Waals surface area contributed by atoms with Crippen molar-refractivity contribution in [2.45, 2.75) is 30.0 Å². The SMILES string of the molecule is Cn1cnc(S(=O)(=O)N2C[C@H](Nc3cc(C(F)(F)F)c(Cl)cn3)[C@@H](C3OCCCO3)C2)c1. The van der Waals surface area contributed by atoms with Crippen LogP contribution in [0.5, 0.6) is 0 Å². The third-order valence-corrected chi connectivity index (χ3v) is 7.33. The molecule has 0 unspecified atom stereocenters. The molecule has 32 heavy (non-hydrogen) atoms. The molecule has 0 aromatic carbocycles. The number of sulfonamides is 1. The third-order valence-electron chi connectivity index (χ3n) is 5.31. The van der Waals surface area contributed by atoms with Crippen LogP contribution in [0.15, 0.2) is 29.8 Å². The molecule has 14 heteroatoms. The Labute approximate surface area is 187 Å². The van der Waals surface area contributed by atoms with Crippen LogP contribution >= 0.6 is 11.6 Å². The highest BCUT2D eigenvalue weighted by Crippen LogP contribution is 2.36. The number of anilines is 1. The molecule has 0 amide bonds. The van der Waals surface area contributed by atoms with Gasteiger partial charge < -0.3 is 19.4 Å². The Morgan fingerprint density at radius 3 is 2.56 bits per heavy atom. The van der Waals surface area contributed by atoms with Crippen LogP contribution in [0.2, 0.25) is 5.02 Å². The summed E-state index contributed by atoms with van der Waals surface area (Å²) in [6.07, 6.45) is -0.998. The van der Waals surface area contributed by atoms with Crippen LogP contribution < -0.4 is 5.32 Å². The van der Waals surface area contributed by atoms with Crippen LogP contribution in [-0.4, -0.2) is 65.9 Å². The lowest BCUT2D eigenvalue weighted by molar-refractivity contribution is -0.203. The van der Waals surface area contributed by atoms with E-state index in [0.29, 0.717) is 19.6 Å². The lowest BCUT2D eigenvalue weighted by atomic mass is 10.0. The van der Waals surface area contributed by atoms with Gasteiger partial charge in [-0.1, -0.05) is 11.6 Å². The lowest BCUT2D eigenvalue weighted by Gasteiger charge is -2.31. The van der Waals surface area contributed by atoms with Crippen LogP contribution in [0.1, 0.15) is 12.0 Å².